The Balaban J connectivity index is 1.99. The van der Waals surface area contributed by atoms with Gasteiger partial charge in [-0.1, -0.05) is 12.1 Å². The highest BCUT2D eigenvalue weighted by Gasteiger charge is 2.10. The summed E-state index contributed by atoms with van der Waals surface area (Å²) in [5.74, 6) is 1.05. The lowest BCUT2D eigenvalue weighted by atomic mass is 10.2. The van der Waals surface area contributed by atoms with Crippen molar-refractivity contribution in [1.82, 2.24) is 15.0 Å². The standard InChI is InChI=1S/C14H11F2N3O2/c1-20-11-6-5-10-13(18-11)19-12(17-10)8-3-2-4-9(7-8)21-14(15)16/h2-7,14H,1H3,(H,17,18,19). The maximum Gasteiger partial charge on any atom is 0.387 e. The highest BCUT2D eigenvalue weighted by molar-refractivity contribution is 5.76. The van der Waals surface area contributed by atoms with Crippen LogP contribution in [-0.4, -0.2) is 28.7 Å². The second-order valence-electron chi connectivity index (χ2n) is 4.22. The number of aromatic nitrogens is 3. The van der Waals surface area contributed by atoms with Crippen LogP contribution in [0.2, 0.25) is 0 Å². The molecule has 0 aliphatic carbocycles. The number of nitrogens with zero attached hydrogens (tertiary/aromatic N) is 2. The van der Waals surface area contributed by atoms with Gasteiger partial charge in [-0.15, -0.1) is 0 Å². The quantitative estimate of drug-likeness (QED) is 0.801. The third-order valence-electron chi connectivity index (χ3n) is 2.86. The first-order valence-corrected chi connectivity index (χ1v) is 6.12. The second kappa shape index (κ2) is 5.35. The highest BCUT2D eigenvalue weighted by atomic mass is 19.3. The molecule has 0 saturated carbocycles. The van der Waals surface area contributed by atoms with Gasteiger partial charge in [0, 0.05) is 11.6 Å². The van der Waals surface area contributed by atoms with Crippen LogP contribution in [0, 0.1) is 0 Å². The summed E-state index contributed by atoms with van der Waals surface area (Å²) in [5, 5.41) is 0. The van der Waals surface area contributed by atoms with Crippen LogP contribution >= 0.6 is 0 Å². The van der Waals surface area contributed by atoms with Gasteiger partial charge in [-0.25, -0.2) is 4.98 Å². The molecule has 5 nitrogen and oxygen atoms in total. The molecule has 21 heavy (non-hydrogen) atoms. The van der Waals surface area contributed by atoms with Crippen LogP contribution in [0.1, 0.15) is 0 Å². The summed E-state index contributed by atoms with van der Waals surface area (Å²) >= 11 is 0. The summed E-state index contributed by atoms with van der Waals surface area (Å²) in [4.78, 5) is 11.6. The van der Waals surface area contributed by atoms with Gasteiger partial charge in [0.1, 0.15) is 11.6 Å². The lowest BCUT2D eigenvalue weighted by Gasteiger charge is -2.05. The number of alkyl halides is 2. The third-order valence-corrected chi connectivity index (χ3v) is 2.86. The fraction of sp³-hybridized carbons (Fsp3) is 0.143. The normalized spacial score (nSPS) is 11.0. The highest BCUT2D eigenvalue weighted by Crippen LogP contribution is 2.25. The number of imidazole rings is 1. The summed E-state index contributed by atoms with van der Waals surface area (Å²) in [6.45, 7) is -2.86. The van der Waals surface area contributed by atoms with Crippen LogP contribution in [0.3, 0.4) is 0 Å². The van der Waals surface area contributed by atoms with Gasteiger partial charge >= 0.3 is 6.61 Å². The van der Waals surface area contributed by atoms with E-state index in [0.29, 0.717) is 22.9 Å². The number of aromatic amines is 1. The van der Waals surface area contributed by atoms with Gasteiger partial charge in [-0.05, 0) is 18.2 Å². The Hall–Kier alpha value is -2.70. The van der Waals surface area contributed by atoms with Gasteiger partial charge in [-0.3, -0.25) is 0 Å². The van der Waals surface area contributed by atoms with Crippen molar-refractivity contribution in [2.75, 3.05) is 7.11 Å². The predicted molar refractivity (Wildman–Crippen MR) is 72.5 cm³/mol. The Morgan fingerprint density at radius 1 is 1.14 bits per heavy atom. The molecule has 0 bridgehead atoms. The molecule has 0 radical (unpaired) electrons. The first-order chi connectivity index (χ1) is 10.2. The Labute approximate surface area is 118 Å². The summed E-state index contributed by atoms with van der Waals surface area (Å²) in [5.41, 5.74) is 1.85. The minimum atomic E-state index is -2.86. The number of ether oxygens (including phenoxy) is 2. The average molecular weight is 291 g/mol. The first-order valence-electron chi connectivity index (χ1n) is 6.12. The van der Waals surface area contributed by atoms with Crippen LogP contribution in [0.5, 0.6) is 11.6 Å². The first kappa shape index (κ1) is 13.3. The molecular weight excluding hydrogens is 280 g/mol. The molecule has 0 aliphatic heterocycles. The van der Waals surface area contributed by atoms with Crippen molar-refractivity contribution >= 4 is 11.2 Å². The van der Waals surface area contributed by atoms with E-state index in [0.717, 1.165) is 5.52 Å². The van der Waals surface area contributed by atoms with Crippen molar-refractivity contribution in [2.24, 2.45) is 0 Å². The Kier molecular flexibility index (Phi) is 3.39. The van der Waals surface area contributed by atoms with E-state index in [2.05, 4.69) is 19.7 Å². The van der Waals surface area contributed by atoms with Crippen LogP contribution in [0.25, 0.3) is 22.6 Å². The summed E-state index contributed by atoms with van der Waals surface area (Å²) in [6, 6.07) is 9.81. The number of nitrogens with one attached hydrogen (secondary N) is 1. The molecule has 108 valence electrons. The molecular formula is C14H11F2N3O2. The number of benzene rings is 1. The fourth-order valence-electron chi connectivity index (χ4n) is 1.95. The monoisotopic (exact) mass is 291 g/mol. The molecule has 0 atom stereocenters. The summed E-state index contributed by atoms with van der Waals surface area (Å²) < 4.78 is 33.9. The second-order valence-corrected chi connectivity index (χ2v) is 4.22. The van der Waals surface area contributed by atoms with E-state index in [1.54, 1.807) is 24.3 Å². The zero-order chi connectivity index (χ0) is 14.8. The van der Waals surface area contributed by atoms with E-state index < -0.39 is 6.61 Å². The molecule has 0 spiro atoms. The molecule has 1 aromatic carbocycles. The number of fused-ring (bicyclic) bond motifs is 1. The Morgan fingerprint density at radius 2 is 2.00 bits per heavy atom. The van der Waals surface area contributed by atoms with E-state index in [9.17, 15) is 8.78 Å². The molecule has 0 saturated heterocycles. The van der Waals surface area contributed by atoms with E-state index in [-0.39, 0.29) is 5.75 Å². The predicted octanol–water partition coefficient (Wildman–Crippen LogP) is 3.23. The zero-order valence-electron chi connectivity index (χ0n) is 11.0. The van der Waals surface area contributed by atoms with Crippen LogP contribution in [0.15, 0.2) is 36.4 Å². The topological polar surface area (TPSA) is 60.0 Å². The van der Waals surface area contributed by atoms with Gasteiger partial charge in [0.15, 0.2) is 5.65 Å². The van der Waals surface area contributed by atoms with Crippen molar-refractivity contribution in [3.63, 3.8) is 0 Å². The average Bonchev–Trinajstić information content (AvgIpc) is 2.89. The molecule has 0 fully saturated rings. The van der Waals surface area contributed by atoms with E-state index in [1.165, 1.54) is 19.2 Å². The molecule has 0 amide bonds. The number of H-pyrrole nitrogens is 1. The lowest BCUT2D eigenvalue weighted by molar-refractivity contribution is -0.0498. The summed E-state index contributed by atoms with van der Waals surface area (Å²) in [6.07, 6.45) is 0. The van der Waals surface area contributed by atoms with Gasteiger partial charge in [0.05, 0.1) is 12.6 Å². The number of pyridine rings is 1. The molecule has 3 aromatic rings. The maximum absolute atomic E-state index is 12.2. The number of hydrogen-bond donors (Lipinski definition) is 1. The molecule has 2 heterocycles. The smallest absolute Gasteiger partial charge is 0.387 e. The van der Waals surface area contributed by atoms with Crippen LogP contribution in [0.4, 0.5) is 8.78 Å². The van der Waals surface area contributed by atoms with Crippen molar-refractivity contribution in [2.45, 2.75) is 6.61 Å². The Morgan fingerprint density at radius 3 is 2.76 bits per heavy atom. The van der Waals surface area contributed by atoms with E-state index >= 15 is 0 Å². The van der Waals surface area contributed by atoms with Crippen LogP contribution in [-0.2, 0) is 0 Å². The molecule has 2 aromatic heterocycles. The number of methoxy groups -OCH3 is 1. The molecule has 1 N–H and O–H groups in total. The van der Waals surface area contributed by atoms with Gasteiger partial charge < -0.3 is 14.5 Å². The largest absolute Gasteiger partial charge is 0.481 e. The SMILES string of the molecule is COc1ccc2[nH]c(-c3cccc(OC(F)F)c3)nc2n1. The van der Waals surface area contributed by atoms with Crippen molar-refractivity contribution < 1.29 is 18.3 Å². The van der Waals surface area contributed by atoms with Gasteiger partial charge in [-0.2, -0.15) is 13.8 Å². The van der Waals surface area contributed by atoms with Crippen molar-refractivity contribution in [1.29, 1.82) is 0 Å². The van der Waals surface area contributed by atoms with E-state index in [1.807, 2.05) is 0 Å². The van der Waals surface area contributed by atoms with E-state index in [4.69, 9.17) is 4.74 Å². The van der Waals surface area contributed by atoms with Gasteiger partial charge in [0.25, 0.3) is 0 Å². The minimum absolute atomic E-state index is 0.0773. The third kappa shape index (κ3) is 2.76. The summed E-state index contributed by atoms with van der Waals surface area (Å²) in [7, 11) is 1.52. The zero-order valence-corrected chi connectivity index (χ0v) is 11.0. The number of halogens is 2. The van der Waals surface area contributed by atoms with Crippen molar-refractivity contribution in [3.8, 4) is 23.0 Å². The fourth-order valence-corrected chi connectivity index (χ4v) is 1.95. The Bertz CT molecular complexity index is 774. The van der Waals surface area contributed by atoms with Crippen molar-refractivity contribution in [3.05, 3.63) is 36.4 Å². The maximum atomic E-state index is 12.2. The molecule has 3 rings (SSSR count). The lowest BCUT2D eigenvalue weighted by Crippen LogP contribution is -2.01. The molecule has 0 unspecified atom stereocenters. The minimum Gasteiger partial charge on any atom is -0.481 e. The van der Waals surface area contributed by atoms with Gasteiger partial charge in [0.2, 0.25) is 5.88 Å². The molecule has 0 aliphatic rings. The molecule has 7 heteroatoms. The number of rotatable bonds is 4. The van der Waals surface area contributed by atoms with Crippen LogP contribution < -0.4 is 9.47 Å². The number of hydrogen-bond acceptors (Lipinski definition) is 4.